The number of aliphatic hydroxyl groups is 1. The smallest absolute Gasteiger partial charge is 0.301 e. The van der Waals surface area contributed by atoms with E-state index in [1.54, 1.807) is 42.5 Å². The normalized spacial score (nSPS) is 16.3. The monoisotopic (exact) mass is 574 g/mol. The van der Waals surface area contributed by atoms with Gasteiger partial charge in [0, 0.05) is 5.56 Å². The molecule has 9 nitrogen and oxygen atoms in total. The first-order valence-corrected chi connectivity index (χ1v) is 14.1. The van der Waals surface area contributed by atoms with E-state index < -0.39 is 17.7 Å². The predicted molar refractivity (Wildman–Crippen MR) is 157 cm³/mol. The van der Waals surface area contributed by atoms with E-state index in [-0.39, 0.29) is 11.3 Å². The van der Waals surface area contributed by atoms with Crippen molar-refractivity contribution in [1.82, 2.24) is 4.98 Å². The molecule has 0 spiro atoms. The molecule has 1 aromatic heterocycles. The molecule has 1 N–H and O–H groups in total. The van der Waals surface area contributed by atoms with Crippen molar-refractivity contribution >= 4 is 44.1 Å². The van der Waals surface area contributed by atoms with Crippen molar-refractivity contribution in [1.29, 1.82) is 0 Å². The van der Waals surface area contributed by atoms with Gasteiger partial charge in [-0.3, -0.25) is 14.5 Å². The lowest BCUT2D eigenvalue weighted by molar-refractivity contribution is -0.132. The Morgan fingerprint density at radius 2 is 1.56 bits per heavy atom. The second-order valence-electron chi connectivity index (χ2n) is 9.03. The number of carbonyl (C=O) groups excluding carboxylic acids is 2. The van der Waals surface area contributed by atoms with Gasteiger partial charge in [0.1, 0.15) is 17.3 Å². The third kappa shape index (κ3) is 5.30. The van der Waals surface area contributed by atoms with Gasteiger partial charge in [-0.05, 0) is 80.9 Å². The van der Waals surface area contributed by atoms with Gasteiger partial charge in [0.15, 0.2) is 16.6 Å². The molecule has 0 aliphatic carbocycles. The maximum atomic E-state index is 13.6. The Bertz CT molecular complexity index is 1630. The highest BCUT2D eigenvalue weighted by molar-refractivity contribution is 7.22. The van der Waals surface area contributed by atoms with Crippen LogP contribution in [0.3, 0.4) is 0 Å². The van der Waals surface area contributed by atoms with E-state index in [9.17, 15) is 14.7 Å². The highest BCUT2D eigenvalue weighted by Gasteiger charge is 2.48. The van der Waals surface area contributed by atoms with Crippen LogP contribution in [0.4, 0.5) is 5.13 Å². The Hall–Kier alpha value is -4.57. The van der Waals surface area contributed by atoms with Crippen LogP contribution < -0.4 is 23.8 Å². The standard InChI is InChI=1S/C31H30N2O7S/c1-5-38-20-11-8-18(9-12-20)28(34)26-27(19-10-15-23(40-7-3)24(16-19)37-4)33(30(36)29(26)35)31-32-22-14-13-21(39-6-2)17-25(22)41-31/h8-17,27,34H,5-7H2,1-4H3. The average molecular weight is 575 g/mol. The highest BCUT2D eigenvalue weighted by atomic mass is 32.1. The second-order valence-corrected chi connectivity index (χ2v) is 10.0. The number of hydrogen-bond acceptors (Lipinski definition) is 9. The fourth-order valence-corrected chi connectivity index (χ4v) is 5.78. The highest BCUT2D eigenvalue weighted by Crippen LogP contribution is 2.46. The first kappa shape index (κ1) is 28.0. The molecule has 1 aliphatic rings. The summed E-state index contributed by atoms with van der Waals surface area (Å²) in [5.41, 5.74) is 1.52. The number of hydrogen-bond donors (Lipinski definition) is 1. The van der Waals surface area contributed by atoms with E-state index in [4.69, 9.17) is 18.9 Å². The van der Waals surface area contributed by atoms with Gasteiger partial charge in [-0.1, -0.05) is 17.4 Å². The zero-order valence-corrected chi connectivity index (χ0v) is 24.0. The zero-order chi connectivity index (χ0) is 29.1. The molecule has 1 atom stereocenters. The predicted octanol–water partition coefficient (Wildman–Crippen LogP) is 6.13. The van der Waals surface area contributed by atoms with Crippen molar-refractivity contribution in [2.45, 2.75) is 26.8 Å². The van der Waals surface area contributed by atoms with Gasteiger partial charge in [-0.25, -0.2) is 4.98 Å². The summed E-state index contributed by atoms with van der Waals surface area (Å²) in [6, 6.07) is 16.4. The number of benzene rings is 3. The van der Waals surface area contributed by atoms with Crippen LogP contribution in [0.15, 0.2) is 66.2 Å². The molecular weight excluding hydrogens is 544 g/mol. The fourth-order valence-electron chi connectivity index (χ4n) is 4.76. The third-order valence-corrected chi connectivity index (χ3v) is 7.57. The van der Waals surface area contributed by atoms with Crippen LogP contribution in [-0.2, 0) is 9.59 Å². The van der Waals surface area contributed by atoms with Crippen molar-refractivity contribution in [2.24, 2.45) is 0 Å². The Morgan fingerprint density at radius 3 is 2.24 bits per heavy atom. The van der Waals surface area contributed by atoms with Crippen LogP contribution in [0.25, 0.3) is 16.0 Å². The molecular formula is C31H30N2O7S. The first-order chi connectivity index (χ1) is 19.9. The molecule has 0 saturated carbocycles. The molecule has 0 bridgehead atoms. The molecule has 3 aromatic carbocycles. The number of Topliss-reactive ketones (excluding diaryl/α,β-unsaturated/α-hetero) is 1. The van der Waals surface area contributed by atoms with Crippen LogP contribution in [0.1, 0.15) is 37.9 Å². The molecule has 4 aromatic rings. The number of nitrogens with zero attached hydrogens (tertiary/aromatic N) is 2. The van der Waals surface area contributed by atoms with Crippen molar-refractivity contribution in [3.05, 3.63) is 77.4 Å². The topological polar surface area (TPSA) is 107 Å². The molecule has 2 heterocycles. The molecule has 212 valence electrons. The third-order valence-electron chi connectivity index (χ3n) is 6.55. The van der Waals surface area contributed by atoms with Gasteiger partial charge in [-0.2, -0.15) is 0 Å². The minimum atomic E-state index is -0.974. The molecule has 41 heavy (non-hydrogen) atoms. The number of ether oxygens (including phenoxy) is 4. The van der Waals surface area contributed by atoms with Gasteiger partial charge in [0.2, 0.25) is 0 Å². The van der Waals surface area contributed by atoms with E-state index in [1.165, 1.54) is 23.3 Å². The van der Waals surface area contributed by atoms with Crippen LogP contribution in [0.2, 0.25) is 0 Å². The van der Waals surface area contributed by atoms with Gasteiger partial charge in [0.05, 0.1) is 48.8 Å². The number of amides is 1. The molecule has 1 aliphatic heterocycles. The Balaban J connectivity index is 1.68. The van der Waals surface area contributed by atoms with Gasteiger partial charge >= 0.3 is 5.91 Å². The molecule has 1 amide bonds. The van der Waals surface area contributed by atoms with Crippen LogP contribution >= 0.6 is 11.3 Å². The van der Waals surface area contributed by atoms with Crippen molar-refractivity contribution < 1.29 is 33.6 Å². The molecule has 1 unspecified atom stereocenters. The first-order valence-electron chi connectivity index (χ1n) is 13.3. The number of methoxy groups -OCH3 is 1. The molecule has 1 fully saturated rings. The fraction of sp³-hybridized carbons (Fsp3) is 0.258. The summed E-state index contributed by atoms with van der Waals surface area (Å²) in [4.78, 5) is 33.3. The minimum Gasteiger partial charge on any atom is -0.507 e. The number of anilines is 1. The lowest BCUT2D eigenvalue weighted by Crippen LogP contribution is -2.29. The van der Waals surface area contributed by atoms with Crippen molar-refractivity contribution in [3.8, 4) is 23.0 Å². The number of carbonyl (C=O) groups is 2. The van der Waals surface area contributed by atoms with Gasteiger partial charge < -0.3 is 24.1 Å². The van der Waals surface area contributed by atoms with Crippen LogP contribution in [-0.4, -0.2) is 48.7 Å². The Labute approximate surface area is 241 Å². The van der Waals surface area contributed by atoms with Gasteiger partial charge in [-0.15, -0.1) is 0 Å². The summed E-state index contributed by atoms with van der Waals surface area (Å²) in [7, 11) is 1.52. The molecule has 1 saturated heterocycles. The van der Waals surface area contributed by atoms with Gasteiger partial charge in [0.25, 0.3) is 5.78 Å². The number of thiazole rings is 1. The van der Waals surface area contributed by atoms with Crippen LogP contribution in [0.5, 0.6) is 23.0 Å². The Kier molecular flexibility index (Phi) is 8.11. The number of aliphatic hydroxyl groups excluding tert-OH is 1. The van der Waals surface area contributed by atoms with Crippen LogP contribution in [0, 0.1) is 0 Å². The zero-order valence-electron chi connectivity index (χ0n) is 23.2. The summed E-state index contributed by atoms with van der Waals surface area (Å²) >= 11 is 1.26. The maximum Gasteiger partial charge on any atom is 0.301 e. The van der Waals surface area contributed by atoms with E-state index in [0.717, 1.165) is 4.70 Å². The molecule has 5 rings (SSSR count). The van der Waals surface area contributed by atoms with E-state index in [1.807, 2.05) is 39.0 Å². The minimum absolute atomic E-state index is 0.0559. The summed E-state index contributed by atoms with van der Waals surface area (Å²) < 4.78 is 23.2. The average Bonchev–Trinajstić information content (AvgIpc) is 3.51. The number of aromatic nitrogens is 1. The summed E-state index contributed by atoms with van der Waals surface area (Å²) in [6.07, 6.45) is 0. The number of ketones is 1. The number of rotatable bonds is 10. The summed E-state index contributed by atoms with van der Waals surface area (Å²) in [5.74, 6) is 0.348. The summed E-state index contributed by atoms with van der Waals surface area (Å²) in [5, 5.41) is 11.8. The van der Waals surface area contributed by atoms with E-state index in [0.29, 0.717) is 64.6 Å². The van der Waals surface area contributed by atoms with Crippen molar-refractivity contribution in [2.75, 3.05) is 31.8 Å². The van der Waals surface area contributed by atoms with E-state index in [2.05, 4.69) is 4.98 Å². The molecule has 0 radical (unpaired) electrons. The van der Waals surface area contributed by atoms with E-state index >= 15 is 0 Å². The summed E-state index contributed by atoms with van der Waals surface area (Å²) in [6.45, 7) is 7.07. The molecule has 10 heteroatoms. The lowest BCUT2D eigenvalue weighted by Gasteiger charge is -2.24. The quantitative estimate of drug-likeness (QED) is 0.137. The van der Waals surface area contributed by atoms with Crippen molar-refractivity contribution in [3.63, 3.8) is 0 Å². The maximum absolute atomic E-state index is 13.6. The largest absolute Gasteiger partial charge is 0.507 e. The second kappa shape index (κ2) is 11.9. The Morgan fingerprint density at radius 1 is 0.878 bits per heavy atom. The number of fused-ring (bicyclic) bond motifs is 1. The lowest BCUT2D eigenvalue weighted by atomic mass is 9.95. The SMILES string of the molecule is CCOc1ccc(C(O)=C2C(=O)C(=O)N(c3nc4ccc(OCC)cc4s3)C2c2ccc(OCC)c(OC)c2)cc1.